The summed E-state index contributed by atoms with van der Waals surface area (Å²) in [6.07, 6.45) is 4.52. The first-order valence-electron chi connectivity index (χ1n) is 8.25. The molecular weight excluding hydrogens is 310 g/mol. The molecular formula is C17H25N3O4. The number of carbonyl (C=O) groups excluding carboxylic acids is 2. The van der Waals surface area contributed by atoms with E-state index in [0.29, 0.717) is 11.4 Å². The Labute approximate surface area is 141 Å². The van der Waals surface area contributed by atoms with Crippen molar-refractivity contribution < 1.29 is 19.4 Å². The molecule has 1 aromatic carbocycles. The molecule has 1 aromatic rings. The van der Waals surface area contributed by atoms with Crippen molar-refractivity contribution in [2.45, 2.75) is 38.1 Å². The smallest absolute Gasteiger partial charge is 0.411 e. The van der Waals surface area contributed by atoms with Crippen molar-refractivity contribution in [3.8, 4) is 0 Å². The molecule has 0 saturated heterocycles. The normalized spacial score (nSPS) is 20.6. The lowest BCUT2D eigenvalue weighted by Gasteiger charge is -2.24. The summed E-state index contributed by atoms with van der Waals surface area (Å²) in [5.41, 5.74) is 1.10. The lowest BCUT2D eigenvalue weighted by Crippen LogP contribution is -2.43. The summed E-state index contributed by atoms with van der Waals surface area (Å²) in [7, 11) is 1.29. The summed E-state index contributed by atoms with van der Waals surface area (Å²) in [4.78, 5) is 23.5. The number of ether oxygens (including phenoxy) is 1. The monoisotopic (exact) mass is 335 g/mol. The van der Waals surface area contributed by atoms with Crippen molar-refractivity contribution in [2.24, 2.45) is 5.92 Å². The summed E-state index contributed by atoms with van der Waals surface area (Å²) in [6.45, 7) is 0.0868. The number of aliphatic hydroxyl groups is 1. The van der Waals surface area contributed by atoms with Gasteiger partial charge in [0.15, 0.2) is 0 Å². The number of hydrogen-bond donors (Lipinski definition) is 4. The van der Waals surface area contributed by atoms with Gasteiger partial charge in [0, 0.05) is 29.9 Å². The fraction of sp³-hybridized carbons (Fsp3) is 0.529. The predicted octanol–water partition coefficient (Wildman–Crippen LogP) is 2.93. The maximum Gasteiger partial charge on any atom is 0.411 e. The summed E-state index contributed by atoms with van der Waals surface area (Å²) in [6, 6.07) is 6.48. The van der Waals surface area contributed by atoms with Crippen LogP contribution in [0.1, 0.15) is 32.1 Å². The van der Waals surface area contributed by atoms with Crippen molar-refractivity contribution in [3.05, 3.63) is 24.3 Å². The van der Waals surface area contributed by atoms with Gasteiger partial charge in [-0.25, -0.2) is 9.59 Å². The Hall–Kier alpha value is -2.28. The minimum absolute atomic E-state index is 0.0196. The molecule has 1 aliphatic carbocycles. The summed E-state index contributed by atoms with van der Waals surface area (Å²) in [5, 5.41) is 17.8. The highest BCUT2D eigenvalue weighted by atomic mass is 16.5. The van der Waals surface area contributed by atoms with Gasteiger partial charge in [-0.3, -0.25) is 5.32 Å². The number of rotatable bonds is 4. The lowest BCUT2D eigenvalue weighted by atomic mass is 9.96. The first-order chi connectivity index (χ1) is 11.6. The number of carbonyl (C=O) groups is 2. The lowest BCUT2D eigenvalue weighted by molar-refractivity contribution is 0.182. The molecule has 3 amide bonds. The molecule has 2 atom stereocenters. The van der Waals surface area contributed by atoms with Crippen LogP contribution in [0.4, 0.5) is 21.0 Å². The third-order valence-electron chi connectivity index (χ3n) is 4.26. The van der Waals surface area contributed by atoms with E-state index in [2.05, 4.69) is 20.7 Å². The van der Waals surface area contributed by atoms with E-state index in [1.807, 2.05) is 0 Å². The molecule has 0 bridgehead atoms. The van der Waals surface area contributed by atoms with E-state index in [1.54, 1.807) is 24.3 Å². The summed E-state index contributed by atoms with van der Waals surface area (Å²) < 4.78 is 4.54. The highest BCUT2D eigenvalue weighted by Gasteiger charge is 2.24. The SMILES string of the molecule is COC(=O)Nc1cccc(NC(=O)N[C@@H]2CCCCC[C@H]2CO)c1. The van der Waals surface area contributed by atoms with Crippen molar-refractivity contribution in [2.75, 3.05) is 24.4 Å². The minimum atomic E-state index is -0.569. The van der Waals surface area contributed by atoms with Crippen LogP contribution >= 0.6 is 0 Å². The van der Waals surface area contributed by atoms with E-state index in [9.17, 15) is 14.7 Å². The molecule has 4 N–H and O–H groups in total. The molecule has 0 spiro atoms. The number of urea groups is 1. The topological polar surface area (TPSA) is 99.7 Å². The fourth-order valence-electron chi connectivity index (χ4n) is 2.97. The van der Waals surface area contributed by atoms with E-state index >= 15 is 0 Å². The largest absolute Gasteiger partial charge is 0.453 e. The van der Waals surface area contributed by atoms with Gasteiger partial charge in [0.1, 0.15) is 0 Å². The zero-order valence-corrected chi connectivity index (χ0v) is 13.9. The van der Waals surface area contributed by atoms with Crippen LogP contribution in [0.3, 0.4) is 0 Å². The van der Waals surface area contributed by atoms with E-state index in [4.69, 9.17) is 0 Å². The van der Waals surface area contributed by atoms with Gasteiger partial charge in [-0.15, -0.1) is 0 Å². The Morgan fingerprint density at radius 2 is 1.88 bits per heavy atom. The molecule has 0 aliphatic heterocycles. The maximum absolute atomic E-state index is 12.2. The average molecular weight is 335 g/mol. The Morgan fingerprint density at radius 1 is 1.17 bits per heavy atom. The Bertz CT molecular complexity index is 565. The second-order valence-electron chi connectivity index (χ2n) is 5.98. The Balaban J connectivity index is 1.93. The van der Waals surface area contributed by atoms with Crippen LogP contribution in [0.15, 0.2) is 24.3 Å². The van der Waals surface area contributed by atoms with E-state index in [-0.39, 0.29) is 24.6 Å². The van der Waals surface area contributed by atoms with E-state index < -0.39 is 6.09 Å². The first kappa shape index (κ1) is 18.1. The number of anilines is 2. The second kappa shape index (κ2) is 9.12. The molecule has 2 rings (SSSR count). The Kier molecular flexibility index (Phi) is 6.87. The quantitative estimate of drug-likeness (QED) is 0.636. The molecule has 132 valence electrons. The standard InChI is InChI=1S/C17H25N3O4/c1-24-17(23)19-14-8-5-7-13(10-14)18-16(22)20-15-9-4-2-3-6-12(15)11-21/h5,7-8,10,12,15,21H,2-4,6,9,11H2,1H3,(H,19,23)(H2,18,20,22)/t12-,15+/m0/s1. The van der Waals surface area contributed by atoms with Crippen molar-refractivity contribution in [1.82, 2.24) is 5.32 Å². The fourth-order valence-corrected chi connectivity index (χ4v) is 2.97. The average Bonchev–Trinajstić information content (AvgIpc) is 2.79. The summed E-state index contributed by atoms with van der Waals surface area (Å²) >= 11 is 0. The molecule has 1 fully saturated rings. The van der Waals surface area contributed by atoms with Gasteiger partial charge in [-0.1, -0.05) is 25.3 Å². The van der Waals surface area contributed by atoms with Crippen molar-refractivity contribution in [1.29, 1.82) is 0 Å². The van der Waals surface area contributed by atoms with Gasteiger partial charge in [0.2, 0.25) is 0 Å². The van der Waals surface area contributed by atoms with Crippen LogP contribution in [0.25, 0.3) is 0 Å². The van der Waals surface area contributed by atoms with Gasteiger partial charge >= 0.3 is 12.1 Å². The molecule has 24 heavy (non-hydrogen) atoms. The third-order valence-corrected chi connectivity index (χ3v) is 4.26. The Morgan fingerprint density at radius 3 is 2.58 bits per heavy atom. The molecule has 7 heteroatoms. The molecule has 1 aliphatic rings. The highest BCUT2D eigenvalue weighted by molar-refractivity contribution is 5.91. The number of methoxy groups -OCH3 is 1. The van der Waals surface area contributed by atoms with Gasteiger partial charge in [-0.05, 0) is 31.0 Å². The van der Waals surface area contributed by atoms with Crippen LogP contribution in [-0.4, -0.2) is 37.0 Å². The molecule has 0 radical (unpaired) electrons. The number of amides is 3. The minimum Gasteiger partial charge on any atom is -0.453 e. The van der Waals surface area contributed by atoms with Crippen LogP contribution in [0.2, 0.25) is 0 Å². The zero-order chi connectivity index (χ0) is 17.4. The molecule has 1 saturated carbocycles. The van der Waals surface area contributed by atoms with E-state index in [1.165, 1.54) is 7.11 Å². The van der Waals surface area contributed by atoms with Gasteiger partial charge in [0.25, 0.3) is 0 Å². The van der Waals surface area contributed by atoms with Crippen LogP contribution in [0, 0.1) is 5.92 Å². The van der Waals surface area contributed by atoms with Gasteiger partial charge in [-0.2, -0.15) is 0 Å². The predicted molar refractivity (Wildman–Crippen MR) is 92.1 cm³/mol. The van der Waals surface area contributed by atoms with Crippen LogP contribution in [0.5, 0.6) is 0 Å². The molecule has 0 unspecified atom stereocenters. The first-order valence-corrected chi connectivity index (χ1v) is 8.25. The zero-order valence-electron chi connectivity index (χ0n) is 13.9. The van der Waals surface area contributed by atoms with Crippen molar-refractivity contribution in [3.63, 3.8) is 0 Å². The molecule has 7 nitrogen and oxygen atoms in total. The summed E-state index contributed by atoms with van der Waals surface area (Å²) in [5.74, 6) is 0.102. The number of nitrogens with one attached hydrogen (secondary N) is 3. The number of hydrogen-bond acceptors (Lipinski definition) is 4. The molecule has 0 heterocycles. The van der Waals surface area contributed by atoms with E-state index in [0.717, 1.165) is 32.1 Å². The van der Waals surface area contributed by atoms with Gasteiger partial charge in [0.05, 0.1) is 7.11 Å². The van der Waals surface area contributed by atoms with Crippen molar-refractivity contribution >= 4 is 23.5 Å². The second-order valence-corrected chi connectivity index (χ2v) is 5.98. The third kappa shape index (κ3) is 5.42. The molecule has 0 aromatic heterocycles. The maximum atomic E-state index is 12.2. The number of benzene rings is 1. The van der Waals surface area contributed by atoms with Crippen LogP contribution in [-0.2, 0) is 4.74 Å². The highest BCUT2D eigenvalue weighted by Crippen LogP contribution is 2.23. The van der Waals surface area contributed by atoms with Gasteiger partial charge < -0.3 is 20.5 Å². The number of aliphatic hydroxyl groups excluding tert-OH is 1. The van der Waals surface area contributed by atoms with Crippen LogP contribution < -0.4 is 16.0 Å².